The fraction of sp³-hybridized carbons (Fsp3) is 1.00. The molecule has 1 aliphatic rings. The Hall–Kier alpha value is -0.160. The highest BCUT2D eigenvalue weighted by Gasteiger charge is 2.28. The minimum absolute atomic E-state index is 0.0303. The predicted octanol–water partition coefficient (Wildman–Crippen LogP) is 2.49. The lowest BCUT2D eigenvalue weighted by Crippen LogP contribution is -2.39. The quantitative estimate of drug-likeness (QED) is 0.647. The van der Waals surface area contributed by atoms with Gasteiger partial charge in [0.15, 0.2) is 6.29 Å². The topological polar surface area (TPSA) is 47.9 Å². The first-order valence-electron chi connectivity index (χ1n) is 7.29. The van der Waals surface area contributed by atoms with Crippen LogP contribution in [-0.4, -0.2) is 43.4 Å². The smallest absolute Gasteiger partial charge is 0.157 e. The van der Waals surface area contributed by atoms with Crippen molar-refractivity contribution in [2.75, 3.05) is 19.8 Å². The van der Waals surface area contributed by atoms with E-state index in [9.17, 15) is 5.11 Å². The van der Waals surface area contributed by atoms with Crippen molar-refractivity contribution in [2.24, 2.45) is 0 Å². The van der Waals surface area contributed by atoms with Crippen molar-refractivity contribution in [2.45, 2.75) is 70.9 Å². The Morgan fingerprint density at radius 1 is 1.11 bits per heavy atom. The van der Waals surface area contributed by atoms with Gasteiger partial charge in [0.25, 0.3) is 0 Å². The summed E-state index contributed by atoms with van der Waals surface area (Å²) in [6, 6.07) is 0. The lowest BCUT2D eigenvalue weighted by Gasteiger charge is -2.32. The van der Waals surface area contributed by atoms with Gasteiger partial charge in [-0.25, -0.2) is 0 Å². The highest BCUT2D eigenvalue weighted by Crippen LogP contribution is 2.21. The lowest BCUT2D eigenvalue weighted by atomic mass is 10.1. The zero-order valence-corrected chi connectivity index (χ0v) is 11.8. The van der Waals surface area contributed by atoms with Gasteiger partial charge in [-0.2, -0.15) is 0 Å². The molecule has 0 aliphatic carbocycles. The fourth-order valence-corrected chi connectivity index (χ4v) is 2.05. The Labute approximate surface area is 111 Å². The van der Waals surface area contributed by atoms with Crippen LogP contribution < -0.4 is 0 Å². The summed E-state index contributed by atoms with van der Waals surface area (Å²) in [7, 11) is 0. The van der Waals surface area contributed by atoms with Gasteiger partial charge in [0.2, 0.25) is 0 Å². The van der Waals surface area contributed by atoms with Crippen LogP contribution >= 0.6 is 0 Å². The summed E-state index contributed by atoms with van der Waals surface area (Å²) in [5.74, 6) is 0. The van der Waals surface area contributed by atoms with Gasteiger partial charge < -0.3 is 19.3 Å². The molecule has 1 N–H and O–H groups in total. The van der Waals surface area contributed by atoms with Crippen molar-refractivity contribution in [3.63, 3.8) is 0 Å². The minimum Gasteiger partial charge on any atom is -0.379 e. The van der Waals surface area contributed by atoms with Crippen molar-refractivity contribution in [3.05, 3.63) is 0 Å². The number of rotatable bonds is 9. The average Bonchev–Trinajstić information content (AvgIpc) is 2.34. The normalized spacial score (nSPS) is 28.5. The first-order valence-corrected chi connectivity index (χ1v) is 7.29. The van der Waals surface area contributed by atoms with Crippen LogP contribution in [0, 0.1) is 0 Å². The Balaban J connectivity index is 2.18. The van der Waals surface area contributed by atoms with E-state index in [4.69, 9.17) is 14.2 Å². The van der Waals surface area contributed by atoms with E-state index in [1.807, 2.05) is 0 Å². The predicted molar refractivity (Wildman–Crippen MR) is 70.5 cm³/mol. The van der Waals surface area contributed by atoms with Gasteiger partial charge in [-0.3, -0.25) is 0 Å². The molecule has 1 heterocycles. The largest absolute Gasteiger partial charge is 0.379 e. The number of unbranched alkanes of at least 4 members (excludes halogenated alkanes) is 2. The SMILES string of the molecule is CCCCOCC1CC(OCCCC)CC(O)O1. The standard InChI is InChI=1S/C14H28O4/c1-3-5-7-16-11-13-9-12(10-14(15)18-13)17-8-6-4-2/h12-15H,3-11H2,1-2H3. The molecule has 0 aromatic rings. The summed E-state index contributed by atoms with van der Waals surface area (Å²) in [5, 5.41) is 9.65. The Kier molecular flexibility index (Phi) is 8.59. The van der Waals surface area contributed by atoms with Crippen LogP contribution in [0.15, 0.2) is 0 Å². The third-order valence-electron chi connectivity index (χ3n) is 3.14. The highest BCUT2D eigenvalue weighted by atomic mass is 16.6. The average molecular weight is 260 g/mol. The third kappa shape index (κ3) is 6.69. The molecule has 3 atom stereocenters. The third-order valence-corrected chi connectivity index (χ3v) is 3.14. The second kappa shape index (κ2) is 9.73. The maximum absolute atomic E-state index is 9.65. The Morgan fingerprint density at radius 2 is 1.83 bits per heavy atom. The van der Waals surface area contributed by atoms with Gasteiger partial charge in [0.1, 0.15) is 0 Å². The maximum atomic E-state index is 9.65. The van der Waals surface area contributed by atoms with Gasteiger partial charge in [-0.05, 0) is 12.8 Å². The van der Waals surface area contributed by atoms with Crippen LogP contribution in [0.5, 0.6) is 0 Å². The molecular weight excluding hydrogens is 232 g/mol. The van der Waals surface area contributed by atoms with E-state index < -0.39 is 6.29 Å². The van der Waals surface area contributed by atoms with Gasteiger partial charge in [0, 0.05) is 26.1 Å². The molecule has 0 saturated carbocycles. The van der Waals surface area contributed by atoms with Crippen molar-refractivity contribution in [1.29, 1.82) is 0 Å². The van der Waals surface area contributed by atoms with Crippen LogP contribution in [0.1, 0.15) is 52.4 Å². The van der Waals surface area contributed by atoms with E-state index in [1.165, 1.54) is 0 Å². The van der Waals surface area contributed by atoms with Crippen molar-refractivity contribution in [3.8, 4) is 0 Å². The molecule has 0 spiro atoms. The molecule has 4 heteroatoms. The summed E-state index contributed by atoms with van der Waals surface area (Å²) in [5.41, 5.74) is 0. The molecule has 1 aliphatic heterocycles. The molecule has 0 amide bonds. The maximum Gasteiger partial charge on any atom is 0.157 e. The van der Waals surface area contributed by atoms with E-state index >= 15 is 0 Å². The second-order valence-corrected chi connectivity index (χ2v) is 4.96. The van der Waals surface area contributed by atoms with Crippen molar-refractivity contribution >= 4 is 0 Å². The zero-order valence-electron chi connectivity index (χ0n) is 11.8. The number of aliphatic hydroxyl groups excluding tert-OH is 1. The summed E-state index contributed by atoms with van der Waals surface area (Å²) >= 11 is 0. The van der Waals surface area contributed by atoms with Crippen LogP contribution in [-0.2, 0) is 14.2 Å². The van der Waals surface area contributed by atoms with E-state index in [1.54, 1.807) is 0 Å². The molecule has 0 bridgehead atoms. The minimum atomic E-state index is -0.704. The molecule has 1 rings (SSSR count). The van der Waals surface area contributed by atoms with Gasteiger partial charge in [0.05, 0.1) is 18.8 Å². The van der Waals surface area contributed by atoms with Gasteiger partial charge >= 0.3 is 0 Å². The van der Waals surface area contributed by atoms with Gasteiger partial charge in [-0.1, -0.05) is 26.7 Å². The van der Waals surface area contributed by atoms with Crippen LogP contribution in [0.3, 0.4) is 0 Å². The van der Waals surface area contributed by atoms with Crippen molar-refractivity contribution in [1.82, 2.24) is 0 Å². The first kappa shape index (κ1) is 15.9. The van der Waals surface area contributed by atoms with E-state index in [2.05, 4.69) is 13.8 Å². The second-order valence-electron chi connectivity index (χ2n) is 4.96. The number of aliphatic hydroxyl groups is 1. The molecule has 0 aromatic carbocycles. The van der Waals surface area contributed by atoms with Crippen LogP contribution in [0.25, 0.3) is 0 Å². The monoisotopic (exact) mass is 260 g/mol. The van der Waals surface area contributed by atoms with Crippen molar-refractivity contribution < 1.29 is 19.3 Å². The molecular formula is C14H28O4. The van der Waals surface area contributed by atoms with Gasteiger partial charge in [-0.15, -0.1) is 0 Å². The number of ether oxygens (including phenoxy) is 3. The fourth-order valence-electron chi connectivity index (χ4n) is 2.05. The molecule has 4 nitrogen and oxygen atoms in total. The molecule has 0 radical (unpaired) electrons. The highest BCUT2D eigenvalue weighted by molar-refractivity contribution is 4.74. The Bertz CT molecular complexity index is 198. The molecule has 18 heavy (non-hydrogen) atoms. The molecule has 0 aromatic heterocycles. The summed E-state index contributed by atoms with van der Waals surface area (Å²) in [4.78, 5) is 0. The lowest BCUT2D eigenvalue weighted by molar-refractivity contribution is -0.209. The summed E-state index contributed by atoms with van der Waals surface area (Å²) in [6.07, 6.45) is 5.20. The van der Waals surface area contributed by atoms with E-state index in [0.29, 0.717) is 13.0 Å². The molecule has 1 fully saturated rings. The number of hydrogen-bond acceptors (Lipinski definition) is 4. The molecule has 1 saturated heterocycles. The van der Waals surface area contributed by atoms with E-state index in [0.717, 1.165) is 45.3 Å². The van der Waals surface area contributed by atoms with Crippen LogP contribution in [0.2, 0.25) is 0 Å². The van der Waals surface area contributed by atoms with Crippen LogP contribution in [0.4, 0.5) is 0 Å². The van der Waals surface area contributed by atoms with E-state index in [-0.39, 0.29) is 12.2 Å². The zero-order chi connectivity index (χ0) is 13.2. The number of hydrogen-bond donors (Lipinski definition) is 1. The molecule has 3 unspecified atom stereocenters. The molecule has 108 valence electrons. The Morgan fingerprint density at radius 3 is 2.56 bits per heavy atom. The summed E-state index contributed by atoms with van der Waals surface area (Å²) in [6.45, 7) is 6.39. The first-order chi connectivity index (χ1) is 8.76. The summed E-state index contributed by atoms with van der Waals surface area (Å²) < 4.78 is 16.8.